The molecule has 0 saturated carbocycles. The van der Waals surface area contributed by atoms with Crippen LogP contribution in [0.15, 0.2) is 59.8 Å². The number of amides is 2. The number of nitrogens with zero attached hydrogens (tertiary/aromatic N) is 1. The monoisotopic (exact) mass is 422 g/mol. The van der Waals surface area contributed by atoms with Crippen LogP contribution < -0.4 is 10.6 Å². The van der Waals surface area contributed by atoms with E-state index in [1.165, 1.54) is 4.90 Å². The van der Waals surface area contributed by atoms with Crippen molar-refractivity contribution >= 4 is 34.9 Å². The lowest BCUT2D eigenvalue weighted by Crippen LogP contribution is -2.44. The van der Waals surface area contributed by atoms with E-state index in [1.807, 2.05) is 32.0 Å². The number of halogens is 1. The number of allylic oxidation sites excluding steroid dienone is 2. The molecule has 2 amide bonds. The Morgan fingerprint density at radius 3 is 2.43 bits per heavy atom. The summed E-state index contributed by atoms with van der Waals surface area (Å²) in [5, 5.41) is 0.533. The number of hydrogen-bond donors (Lipinski definition) is 1. The number of carbonyl (C=O) groups excluding carboxylic acids is 3. The summed E-state index contributed by atoms with van der Waals surface area (Å²) in [6.07, 6.45) is 1.03. The lowest BCUT2D eigenvalue weighted by atomic mass is 9.69. The van der Waals surface area contributed by atoms with E-state index in [2.05, 4.69) is 0 Å². The van der Waals surface area contributed by atoms with Gasteiger partial charge in [0.2, 0.25) is 5.91 Å². The maximum absolute atomic E-state index is 13.4. The van der Waals surface area contributed by atoms with Crippen LogP contribution >= 0.6 is 11.6 Å². The molecule has 0 radical (unpaired) electrons. The molecule has 2 aliphatic rings. The summed E-state index contributed by atoms with van der Waals surface area (Å²) in [7, 11) is 0. The van der Waals surface area contributed by atoms with E-state index in [0.717, 1.165) is 5.56 Å². The molecule has 6 heteroatoms. The number of anilines is 1. The predicted molar refractivity (Wildman–Crippen MR) is 116 cm³/mol. The summed E-state index contributed by atoms with van der Waals surface area (Å²) in [4.78, 5) is 40.3. The zero-order chi connectivity index (χ0) is 21.6. The summed E-state index contributed by atoms with van der Waals surface area (Å²) < 4.78 is 0. The van der Waals surface area contributed by atoms with Crippen LogP contribution in [-0.4, -0.2) is 17.6 Å². The van der Waals surface area contributed by atoms with E-state index < -0.39 is 11.8 Å². The standard InChI is InChI=1S/C24H23ClN2O3/c1-24(2)12-19-22(20(28)13-24)16(14-7-3-5-9-17(14)25)11-21(29)27(19)18-10-6-4-8-15(18)23(26)30/h3-10,16H,11-13H2,1-2H3,(H2,26,30). The second-order valence-corrected chi connectivity index (χ2v) is 9.10. The zero-order valence-electron chi connectivity index (χ0n) is 16.9. The van der Waals surface area contributed by atoms with E-state index in [-0.39, 0.29) is 29.1 Å². The Labute approximate surface area is 180 Å². The van der Waals surface area contributed by atoms with E-state index >= 15 is 0 Å². The Morgan fingerprint density at radius 2 is 1.73 bits per heavy atom. The summed E-state index contributed by atoms with van der Waals surface area (Å²) in [6.45, 7) is 4.02. The fourth-order valence-electron chi connectivity index (χ4n) is 4.60. The molecule has 1 heterocycles. The van der Waals surface area contributed by atoms with Crippen LogP contribution in [0.2, 0.25) is 5.02 Å². The second-order valence-electron chi connectivity index (χ2n) is 8.69. The van der Waals surface area contributed by atoms with E-state index in [0.29, 0.717) is 34.8 Å². The minimum Gasteiger partial charge on any atom is -0.366 e. The van der Waals surface area contributed by atoms with Gasteiger partial charge < -0.3 is 5.73 Å². The molecule has 0 aromatic heterocycles. The molecule has 4 rings (SSSR count). The Balaban J connectivity index is 1.96. The number of ketones is 1. The molecular formula is C24H23ClN2O3. The molecule has 5 nitrogen and oxygen atoms in total. The van der Waals surface area contributed by atoms with Gasteiger partial charge in [-0.2, -0.15) is 0 Å². The smallest absolute Gasteiger partial charge is 0.250 e. The van der Waals surface area contributed by atoms with Crippen LogP contribution in [0.3, 0.4) is 0 Å². The fraction of sp³-hybridized carbons (Fsp3) is 0.292. The van der Waals surface area contributed by atoms with Crippen LogP contribution in [0.5, 0.6) is 0 Å². The third kappa shape index (κ3) is 3.43. The normalized spacial score (nSPS) is 20.9. The molecule has 2 aromatic rings. The van der Waals surface area contributed by atoms with Crippen molar-refractivity contribution in [3.63, 3.8) is 0 Å². The number of para-hydroxylation sites is 1. The molecule has 30 heavy (non-hydrogen) atoms. The van der Waals surface area contributed by atoms with Crippen molar-refractivity contribution in [2.75, 3.05) is 4.90 Å². The van der Waals surface area contributed by atoms with Crippen molar-refractivity contribution in [3.05, 3.63) is 76.0 Å². The Hall–Kier alpha value is -2.92. The van der Waals surface area contributed by atoms with Gasteiger partial charge in [-0.3, -0.25) is 19.3 Å². The van der Waals surface area contributed by atoms with E-state index in [1.54, 1.807) is 30.3 Å². The fourth-order valence-corrected chi connectivity index (χ4v) is 4.86. The molecule has 1 aliphatic heterocycles. The predicted octanol–water partition coefficient (Wildman–Crippen LogP) is 4.60. The first-order valence-electron chi connectivity index (χ1n) is 9.92. The zero-order valence-corrected chi connectivity index (χ0v) is 17.7. The molecule has 2 aromatic carbocycles. The molecule has 0 saturated heterocycles. The highest BCUT2D eigenvalue weighted by Crippen LogP contribution is 2.49. The SMILES string of the molecule is CC1(C)CC(=O)C2=C(C1)N(c1ccccc1C(N)=O)C(=O)CC2c1ccccc1Cl. The van der Waals surface area contributed by atoms with Gasteiger partial charge in [-0.15, -0.1) is 0 Å². The number of carbonyl (C=O) groups is 3. The maximum Gasteiger partial charge on any atom is 0.250 e. The summed E-state index contributed by atoms with van der Waals surface area (Å²) >= 11 is 6.44. The highest BCUT2D eigenvalue weighted by atomic mass is 35.5. The first kappa shape index (κ1) is 20.4. The third-order valence-corrected chi connectivity index (χ3v) is 6.18. The van der Waals surface area contributed by atoms with Crippen LogP contribution in [0.4, 0.5) is 5.69 Å². The Morgan fingerprint density at radius 1 is 1.07 bits per heavy atom. The minimum absolute atomic E-state index is 0.0141. The van der Waals surface area contributed by atoms with Crippen LogP contribution in [0, 0.1) is 5.41 Å². The minimum atomic E-state index is -0.616. The van der Waals surface area contributed by atoms with Gasteiger partial charge in [0.1, 0.15) is 0 Å². The average Bonchev–Trinajstić information content (AvgIpc) is 2.66. The maximum atomic E-state index is 13.4. The largest absolute Gasteiger partial charge is 0.366 e. The van der Waals surface area contributed by atoms with Gasteiger partial charge in [0.25, 0.3) is 5.91 Å². The van der Waals surface area contributed by atoms with Crippen molar-refractivity contribution in [1.29, 1.82) is 0 Å². The molecule has 1 atom stereocenters. The highest BCUT2D eigenvalue weighted by Gasteiger charge is 2.45. The first-order chi connectivity index (χ1) is 14.2. The number of primary amides is 1. The van der Waals surface area contributed by atoms with Crippen molar-refractivity contribution in [2.24, 2.45) is 11.1 Å². The molecule has 1 unspecified atom stereocenters. The molecule has 0 fully saturated rings. The van der Waals surface area contributed by atoms with Crippen LogP contribution in [0.25, 0.3) is 0 Å². The van der Waals surface area contributed by atoms with Crippen LogP contribution in [0.1, 0.15) is 54.9 Å². The van der Waals surface area contributed by atoms with Crippen molar-refractivity contribution in [2.45, 2.75) is 39.0 Å². The van der Waals surface area contributed by atoms with E-state index in [9.17, 15) is 14.4 Å². The third-order valence-electron chi connectivity index (χ3n) is 5.83. The summed E-state index contributed by atoms with van der Waals surface area (Å²) in [5.41, 5.74) is 7.98. The number of Topliss-reactive ketones (excluding diaryl/α,β-unsaturated/α-hetero) is 1. The van der Waals surface area contributed by atoms with Crippen molar-refractivity contribution in [3.8, 4) is 0 Å². The summed E-state index contributed by atoms with van der Waals surface area (Å²) in [6, 6.07) is 14.1. The number of nitrogens with two attached hydrogens (primary N) is 1. The van der Waals surface area contributed by atoms with Gasteiger partial charge in [0.15, 0.2) is 5.78 Å². The van der Waals surface area contributed by atoms with Crippen molar-refractivity contribution < 1.29 is 14.4 Å². The topological polar surface area (TPSA) is 80.5 Å². The Bertz CT molecular complexity index is 1100. The molecule has 0 spiro atoms. The quantitative estimate of drug-likeness (QED) is 0.784. The molecule has 154 valence electrons. The lowest BCUT2D eigenvalue weighted by Gasteiger charge is -2.43. The highest BCUT2D eigenvalue weighted by molar-refractivity contribution is 6.31. The molecule has 1 aliphatic carbocycles. The van der Waals surface area contributed by atoms with Gasteiger partial charge in [-0.1, -0.05) is 55.8 Å². The average molecular weight is 423 g/mol. The second kappa shape index (κ2) is 7.40. The Kier molecular flexibility index (Phi) is 5.02. The van der Waals surface area contributed by atoms with Gasteiger partial charge >= 0.3 is 0 Å². The van der Waals surface area contributed by atoms with E-state index in [4.69, 9.17) is 17.3 Å². The molecule has 0 bridgehead atoms. The molecule has 2 N–H and O–H groups in total. The van der Waals surface area contributed by atoms with Gasteiger partial charge in [-0.25, -0.2) is 0 Å². The van der Waals surface area contributed by atoms with Gasteiger partial charge in [0.05, 0.1) is 11.3 Å². The first-order valence-corrected chi connectivity index (χ1v) is 10.3. The molecular weight excluding hydrogens is 400 g/mol. The number of hydrogen-bond acceptors (Lipinski definition) is 3. The van der Waals surface area contributed by atoms with Gasteiger partial charge in [0, 0.05) is 35.1 Å². The number of rotatable bonds is 3. The summed E-state index contributed by atoms with van der Waals surface area (Å²) in [5.74, 6) is -1.19. The number of benzene rings is 2. The van der Waals surface area contributed by atoms with Crippen LogP contribution in [-0.2, 0) is 9.59 Å². The lowest BCUT2D eigenvalue weighted by molar-refractivity contribution is -0.121. The van der Waals surface area contributed by atoms with Crippen molar-refractivity contribution in [1.82, 2.24) is 0 Å². The van der Waals surface area contributed by atoms with Gasteiger partial charge in [-0.05, 0) is 35.6 Å².